The van der Waals surface area contributed by atoms with Crippen LogP contribution in [0, 0.1) is 17.7 Å². The van der Waals surface area contributed by atoms with Crippen LogP contribution >= 0.6 is 15.9 Å². The van der Waals surface area contributed by atoms with Crippen LogP contribution in [0.5, 0.6) is 0 Å². The summed E-state index contributed by atoms with van der Waals surface area (Å²) < 4.78 is 14.7. The van der Waals surface area contributed by atoms with Crippen molar-refractivity contribution in [3.05, 3.63) is 34.1 Å². The largest absolute Gasteiger partial charge is 0.313 e. The summed E-state index contributed by atoms with van der Waals surface area (Å²) in [6, 6.07) is 5.63. The maximum Gasteiger partial charge on any atom is 0.126 e. The van der Waals surface area contributed by atoms with Gasteiger partial charge in [-0.05, 0) is 61.4 Å². The van der Waals surface area contributed by atoms with E-state index in [9.17, 15) is 4.39 Å². The van der Waals surface area contributed by atoms with E-state index >= 15 is 0 Å². The molecular formula is C15H21BrFN. The Morgan fingerprint density at radius 3 is 2.83 bits per heavy atom. The molecule has 3 unspecified atom stereocenters. The van der Waals surface area contributed by atoms with E-state index in [-0.39, 0.29) is 5.82 Å². The Morgan fingerprint density at radius 1 is 1.50 bits per heavy atom. The molecule has 1 aliphatic rings. The van der Waals surface area contributed by atoms with Crippen molar-refractivity contribution in [3.8, 4) is 0 Å². The fourth-order valence-electron chi connectivity index (χ4n) is 2.55. The second-order valence-corrected chi connectivity index (χ2v) is 6.29. The van der Waals surface area contributed by atoms with Gasteiger partial charge < -0.3 is 5.32 Å². The predicted molar refractivity (Wildman–Crippen MR) is 77.2 cm³/mol. The van der Waals surface area contributed by atoms with Gasteiger partial charge in [0, 0.05) is 10.5 Å². The van der Waals surface area contributed by atoms with Crippen LogP contribution in [-0.4, -0.2) is 12.6 Å². The number of nitrogens with one attached hydrogen (secondary N) is 1. The lowest BCUT2D eigenvalue weighted by Gasteiger charge is -2.19. The summed E-state index contributed by atoms with van der Waals surface area (Å²) in [6.07, 6.45) is 3.19. The Bertz CT molecular complexity index is 407. The second-order valence-electron chi connectivity index (χ2n) is 5.38. The fraction of sp³-hybridized carbons (Fsp3) is 0.600. The van der Waals surface area contributed by atoms with Crippen LogP contribution < -0.4 is 5.32 Å². The number of hydrogen-bond donors (Lipinski definition) is 1. The molecule has 18 heavy (non-hydrogen) atoms. The Morgan fingerprint density at radius 2 is 2.22 bits per heavy atom. The fourth-order valence-corrected chi connectivity index (χ4v) is 2.96. The van der Waals surface area contributed by atoms with E-state index in [4.69, 9.17) is 0 Å². The minimum Gasteiger partial charge on any atom is -0.313 e. The standard InChI is InChI=1S/C15H21BrFN/c1-3-6-18-15(13-7-10(13)2)9-11-8-12(16)4-5-14(11)17/h4-5,8,10,13,15,18H,3,6-7,9H2,1-2H3. The number of hydrogen-bond acceptors (Lipinski definition) is 1. The van der Waals surface area contributed by atoms with Crippen LogP contribution in [0.15, 0.2) is 22.7 Å². The highest BCUT2D eigenvalue weighted by Gasteiger charge is 2.39. The minimum absolute atomic E-state index is 0.0881. The number of benzene rings is 1. The molecule has 3 atom stereocenters. The molecule has 1 aromatic carbocycles. The van der Waals surface area contributed by atoms with Gasteiger partial charge in [0.15, 0.2) is 0 Å². The topological polar surface area (TPSA) is 12.0 Å². The molecule has 0 aromatic heterocycles. The van der Waals surface area contributed by atoms with Gasteiger partial charge in [0.2, 0.25) is 0 Å². The van der Waals surface area contributed by atoms with E-state index in [1.807, 2.05) is 6.07 Å². The quantitative estimate of drug-likeness (QED) is 0.831. The average molecular weight is 314 g/mol. The first-order chi connectivity index (χ1) is 8.61. The van der Waals surface area contributed by atoms with Gasteiger partial charge in [-0.2, -0.15) is 0 Å². The Kier molecular flexibility index (Phi) is 4.79. The Labute approximate surface area is 117 Å². The van der Waals surface area contributed by atoms with Gasteiger partial charge in [0.25, 0.3) is 0 Å². The minimum atomic E-state index is -0.0881. The normalized spacial score (nSPS) is 24.0. The molecule has 0 radical (unpaired) electrons. The maximum absolute atomic E-state index is 13.8. The van der Waals surface area contributed by atoms with Gasteiger partial charge in [-0.3, -0.25) is 0 Å². The highest BCUT2D eigenvalue weighted by Crippen LogP contribution is 2.41. The zero-order valence-electron chi connectivity index (χ0n) is 11.0. The van der Waals surface area contributed by atoms with E-state index in [2.05, 4.69) is 35.1 Å². The molecule has 1 saturated carbocycles. The van der Waals surface area contributed by atoms with Crippen molar-refractivity contribution in [3.63, 3.8) is 0 Å². The third-order valence-corrected chi connectivity index (χ3v) is 4.29. The summed E-state index contributed by atoms with van der Waals surface area (Å²) in [7, 11) is 0. The molecule has 0 spiro atoms. The lowest BCUT2D eigenvalue weighted by molar-refractivity contribution is 0.436. The van der Waals surface area contributed by atoms with Crippen molar-refractivity contribution in [1.82, 2.24) is 5.32 Å². The molecule has 3 heteroatoms. The maximum atomic E-state index is 13.8. The van der Waals surface area contributed by atoms with Crippen molar-refractivity contribution in [2.75, 3.05) is 6.54 Å². The van der Waals surface area contributed by atoms with E-state index in [1.165, 1.54) is 6.42 Å². The molecule has 2 rings (SSSR count). The first-order valence-corrected chi connectivity index (χ1v) is 7.58. The van der Waals surface area contributed by atoms with Crippen LogP contribution in [0.4, 0.5) is 4.39 Å². The molecule has 0 bridgehead atoms. The predicted octanol–water partition coefficient (Wildman–Crippen LogP) is 4.15. The monoisotopic (exact) mass is 313 g/mol. The second kappa shape index (κ2) is 6.16. The highest BCUT2D eigenvalue weighted by atomic mass is 79.9. The zero-order chi connectivity index (χ0) is 13.1. The zero-order valence-corrected chi connectivity index (χ0v) is 12.6. The molecule has 1 aliphatic carbocycles. The van der Waals surface area contributed by atoms with Crippen LogP contribution in [-0.2, 0) is 6.42 Å². The first kappa shape index (κ1) is 14.0. The lowest BCUT2D eigenvalue weighted by atomic mass is 10.0. The average Bonchev–Trinajstić information content (AvgIpc) is 3.06. The van der Waals surface area contributed by atoms with Crippen molar-refractivity contribution >= 4 is 15.9 Å². The summed E-state index contributed by atoms with van der Waals surface area (Å²) in [6.45, 7) is 5.46. The summed E-state index contributed by atoms with van der Waals surface area (Å²) in [5.74, 6) is 1.42. The summed E-state index contributed by atoms with van der Waals surface area (Å²) >= 11 is 3.42. The molecule has 0 heterocycles. The molecule has 1 fully saturated rings. The van der Waals surface area contributed by atoms with Crippen LogP contribution in [0.2, 0.25) is 0 Å². The van der Waals surface area contributed by atoms with Crippen LogP contribution in [0.25, 0.3) is 0 Å². The molecular weight excluding hydrogens is 293 g/mol. The molecule has 1 aromatic rings. The molecule has 1 nitrogen and oxygen atoms in total. The van der Waals surface area contributed by atoms with Crippen LogP contribution in [0.1, 0.15) is 32.3 Å². The molecule has 0 amide bonds. The molecule has 1 N–H and O–H groups in total. The van der Waals surface area contributed by atoms with Crippen molar-refractivity contribution < 1.29 is 4.39 Å². The van der Waals surface area contributed by atoms with E-state index < -0.39 is 0 Å². The molecule has 0 aliphatic heterocycles. The first-order valence-electron chi connectivity index (χ1n) is 6.79. The van der Waals surface area contributed by atoms with E-state index in [0.717, 1.165) is 41.3 Å². The third-order valence-electron chi connectivity index (χ3n) is 3.79. The smallest absolute Gasteiger partial charge is 0.126 e. The van der Waals surface area contributed by atoms with Crippen molar-refractivity contribution in [2.45, 2.75) is 39.2 Å². The van der Waals surface area contributed by atoms with Crippen molar-refractivity contribution in [1.29, 1.82) is 0 Å². The summed E-state index contributed by atoms with van der Waals surface area (Å²) in [5.41, 5.74) is 0.817. The van der Waals surface area contributed by atoms with E-state index in [0.29, 0.717) is 6.04 Å². The van der Waals surface area contributed by atoms with Gasteiger partial charge in [0.1, 0.15) is 5.82 Å². The number of halogens is 2. The van der Waals surface area contributed by atoms with Crippen molar-refractivity contribution in [2.24, 2.45) is 11.8 Å². The lowest BCUT2D eigenvalue weighted by Crippen LogP contribution is -2.34. The molecule has 0 saturated heterocycles. The summed E-state index contributed by atoms with van der Waals surface area (Å²) in [4.78, 5) is 0. The van der Waals surface area contributed by atoms with Gasteiger partial charge in [-0.25, -0.2) is 4.39 Å². The van der Waals surface area contributed by atoms with Gasteiger partial charge in [-0.15, -0.1) is 0 Å². The van der Waals surface area contributed by atoms with Crippen LogP contribution in [0.3, 0.4) is 0 Å². The van der Waals surface area contributed by atoms with E-state index in [1.54, 1.807) is 12.1 Å². The number of rotatable bonds is 6. The Balaban J connectivity index is 2.05. The summed E-state index contributed by atoms with van der Waals surface area (Å²) in [5, 5.41) is 3.57. The Hall–Kier alpha value is -0.410. The van der Waals surface area contributed by atoms with Gasteiger partial charge >= 0.3 is 0 Å². The SMILES string of the molecule is CCCNC(Cc1cc(Br)ccc1F)C1CC1C. The van der Waals surface area contributed by atoms with Gasteiger partial charge in [-0.1, -0.05) is 29.8 Å². The highest BCUT2D eigenvalue weighted by molar-refractivity contribution is 9.10. The third kappa shape index (κ3) is 3.55. The molecule has 100 valence electrons. The van der Waals surface area contributed by atoms with Gasteiger partial charge in [0.05, 0.1) is 0 Å².